The average molecular weight is 407 g/mol. The molecule has 0 atom stereocenters. The first-order valence-corrected chi connectivity index (χ1v) is 10.1. The number of aromatic hydroxyl groups is 1. The van der Waals surface area contributed by atoms with Crippen LogP contribution in [0.4, 0.5) is 5.69 Å². The third-order valence-electron chi connectivity index (χ3n) is 5.28. The van der Waals surface area contributed by atoms with Gasteiger partial charge >= 0.3 is 0 Å². The van der Waals surface area contributed by atoms with Gasteiger partial charge in [0.1, 0.15) is 11.3 Å². The molecule has 2 aromatic carbocycles. The number of pyridine rings is 1. The Morgan fingerprint density at radius 1 is 0.967 bits per heavy atom. The molecule has 0 aliphatic rings. The Kier molecular flexibility index (Phi) is 5.27. The Morgan fingerprint density at radius 3 is 2.20 bits per heavy atom. The lowest BCUT2D eigenvalue weighted by molar-refractivity contribution is 0.102. The lowest BCUT2D eigenvalue weighted by Gasteiger charge is -2.28. The molecular weight excluding hydrogens is 376 g/mol. The van der Waals surface area contributed by atoms with E-state index < -0.39 is 5.91 Å². The van der Waals surface area contributed by atoms with Gasteiger partial charge in [-0.3, -0.25) is 9.59 Å². The van der Waals surface area contributed by atoms with Gasteiger partial charge in [0.2, 0.25) is 5.43 Å². The van der Waals surface area contributed by atoms with E-state index in [2.05, 4.69) is 10.3 Å². The number of phenolic OH excluding ortho intramolecular Hbond substituents is 1. The molecule has 1 heterocycles. The van der Waals surface area contributed by atoms with E-state index in [1.807, 2.05) is 66.7 Å². The Balaban J connectivity index is 2.08. The lowest BCUT2D eigenvalue weighted by Crippen LogP contribution is -2.25. The van der Waals surface area contributed by atoms with Crippen molar-refractivity contribution in [2.75, 3.05) is 5.32 Å². The van der Waals surface area contributed by atoms with Gasteiger partial charge in [0.05, 0.1) is 0 Å². The van der Waals surface area contributed by atoms with E-state index in [0.717, 1.165) is 16.7 Å². The van der Waals surface area contributed by atoms with E-state index in [1.54, 1.807) is 12.1 Å². The number of amides is 1. The fourth-order valence-corrected chi connectivity index (χ4v) is 3.61. The van der Waals surface area contributed by atoms with Gasteiger partial charge in [0.25, 0.3) is 5.91 Å². The van der Waals surface area contributed by atoms with Crippen LogP contribution in [-0.2, 0) is 10.8 Å². The van der Waals surface area contributed by atoms with Crippen molar-refractivity contribution in [3.8, 4) is 5.75 Å². The zero-order valence-corrected chi connectivity index (χ0v) is 18.7. The van der Waals surface area contributed by atoms with Crippen molar-refractivity contribution < 1.29 is 9.90 Å². The minimum atomic E-state index is -0.507. The summed E-state index contributed by atoms with van der Waals surface area (Å²) in [4.78, 5) is 28.9. The van der Waals surface area contributed by atoms with E-state index in [1.165, 1.54) is 6.20 Å². The van der Waals surface area contributed by atoms with Crippen molar-refractivity contribution in [3.05, 3.63) is 69.0 Å². The maximum absolute atomic E-state index is 13.0. The molecule has 5 heteroatoms. The zero-order valence-electron chi connectivity index (χ0n) is 18.7. The molecule has 3 rings (SSSR count). The number of hydrogen-bond donors (Lipinski definition) is 3. The van der Waals surface area contributed by atoms with Crippen LogP contribution in [-0.4, -0.2) is 16.0 Å². The van der Waals surface area contributed by atoms with Gasteiger partial charge in [0, 0.05) is 28.9 Å². The van der Waals surface area contributed by atoms with Crippen LogP contribution in [0.15, 0.2) is 41.3 Å². The highest BCUT2D eigenvalue weighted by Gasteiger charge is 2.26. The SMILES string of the molecule is Cc1ccc2c(=O)c(C(=O)Nc3cc(O)c(C(C)(C)C)cc3C(C)(C)C)c[nH]c2c1. The largest absolute Gasteiger partial charge is 0.508 e. The highest BCUT2D eigenvalue weighted by Crippen LogP contribution is 2.39. The summed E-state index contributed by atoms with van der Waals surface area (Å²) in [5.74, 6) is -0.388. The van der Waals surface area contributed by atoms with Crippen molar-refractivity contribution >= 4 is 22.5 Å². The Morgan fingerprint density at radius 2 is 1.60 bits per heavy atom. The number of H-pyrrole nitrogens is 1. The number of aromatic amines is 1. The van der Waals surface area contributed by atoms with E-state index in [0.29, 0.717) is 16.6 Å². The maximum Gasteiger partial charge on any atom is 0.261 e. The van der Waals surface area contributed by atoms with Gasteiger partial charge in [-0.25, -0.2) is 0 Å². The fraction of sp³-hybridized carbons (Fsp3) is 0.360. The number of fused-ring (bicyclic) bond motifs is 1. The monoisotopic (exact) mass is 406 g/mol. The van der Waals surface area contributed by atoms with Crippen molar-refractivity contribution in [1.29, 1.82) is 0 Å². The summed E-state index contributed by atoms with van der Waals surface area (Å²) in [7, 11) is 0. The molecule has 30 heavy (non-hydrogen) atoms. The lowest BCUT2D eigenvalue weighted by atomic mass is 9.79. The quantitative estimate of drug-likeness (QED) is 0.534. The standard InChI is InChI=1S/C25H30N2O3/c1-14-8-9-15-19(10-14)26-13-16(22(15)29)23(30)27-20-12-21(28)18(25(5,6)7)11-17(20)24(2,3)4/h8-13,28H,1-7H3,(H,26,29)(H,27,30). The van der Waals surface area contributed by atoms with Crippen LogP contribution in [0.5, 0.6) is 5.75 Å². The van der Waals surface area contributed by atoms with Gasteiger partial charge in [0.15, 0.2) is 0 Å². The molecule has 0 bridgehead atoms. The number of aromatic nitrogens is 1. The van der Waals surface area contributed by atoms with Crippen LogP contribution in [0.25, 0.3) is 10.9 Å². The molecule has 0 aliphatic heterocycles. The Labute approximate surface area is 177 Å². The minimum absolute atomic E-state index is 0.0330. The number of hydrogen-bond acceptors (Lipinski definition) is 3. The first-order valence-electron chi connectivity index (χ1n) is 10.1. The molecule has 3 aromatic rings. The summed E-state index contributed by atoms with van der Waals surface area (Å²) in [6.45, 7) is 14.2. The predicted molar refractivity (Wildman–Crippen MR) is 123 cm³/mol. The number of nitrogens with one attached hydrogen (secondary N) is 2. The number of carbonyl (C=O) groups is 1. The molecular formula is C25H30N2O3. The second-order valence-electron chi connectivity index (χ2n) is 9.95. The topological polar surface area (TPSA) is 82.2 Å². The normalized spacial score (nSPS) is 12.2. The number of phenols is 1. The van der Waals surface area contributed by atoms with Gasteiger partial charge in [-0.05, 0) is 52.6 Å². The first-order chi connectivity index (χ1) is 13.8. The summed E-state index contributed by atoms with van der Waals surface area (Å²) in [5.41, 5.74) is 3.11. The van der Waals surface area contributed by atoms with Crippen molar-refractivity contribution in [3.63, 3.8) is 0 Å². The molecule has 1 aromatic heterocycles. The molecule has 0 unspecified atom stereocenters. The van der Waals surface area contributed by atoms with Gasteiger partial charge in [-0.1, -0.05) is 47.6 Å². The molecule has 3 N–H and O–H groups in total. The highest BCUT2D eigenvalue weighted by molar-refractivity contribution is 6.06. The van der Waals surface area contributed by atoms with Crippen molar-refractivity contribution in [1.82, 2.24) is 4.98 Å². The smallest absolute Gasteiger partial charge is 0.261 e. The van der Waals surface area contributed by atoms with E-state index in [-0.39, 0.29) is 27.6 Å². The zero-order chi connectivity index (χ0) is 22.4. The second-order valence-corrected chi connectivity index (χ2v) is 9.95. The molecule has 0 fully saturated rings. The molecule has 0 aliphatic carbocycles. The first kappa shape index (κ1) is 21.6. The molecule has 1 amide bonds. The predicted octanol–water partition coefficient (Wildman–Crippen LogP) is 5.39. The minimum Gasteiger partial charge on any atom is -0.508 e. The molecule has 5 nitrogen and oxygen atoms in total. The van der Waals surface area contributed by atoms with Crippen LogP contribution < -0.4 is 10.7 Å². The van der Waals surface area contributed by atoms with Gasteiger partial charge < -0.3 is 15.4 Å². The summed E-state index contributed by atoms with van der Waals surface area (Å²) in [5, 5.41) is 13.9. The van der Waals surface area contributed by atoms with Crippen LogP contribution in [0.3, 0.4) is 0 Å². The average Bonchev–Trinajstić information content (AvgIpc) is 2.59. The number of benzene rings is 2. The maximum atomic E-state index is 13.0. The second kappa shape index (κ2) is 7.31. The van der Waals surface area contributed by atoms with Crippen LogP contribution in [0.1, 0.15) is 68.6 Å². The van der Waals surface area contributed by atoms with E-state index in [4.69, 9.17) is 0 Å². The third-order valence-corrected chi connectivity index (χ3v) is 5.28. The molecule has 0 radical (unpaired) electrons. The van der Waals surface area contributed by atoms with E-state index in [9.17, 15) is 14.7 Å². The molecule has 0 saturated heterocycles. The Hall–Kier alpha value is -3.08. The number of rotatable bonds is 2. The van der Waals surface area contributed by atoms with Crippen molar-refractivity contribution in [2.45, 2.75) is 59.3 Å². The third kappa shape index (κ3) is 4.11. The van der Waals surface area contributed by atoms with Crippen molar-refractivity contribution in [2.24, 2.45) is 0 Å². The summed E-state index contributed by atoms with van der Waals surface area (Å²) < 4.78 is 0. The highest BCUT2D eigenvalue weighted by atomic mass is 16.3. The summed E-state index contributed by atoms with van der Waals surface area (Å²) in [6, 6.07) is 8.97. The van der Waals surface area contributed by atoms with Crippen LogP contribution >= 0.6 is 0 Å². The molecule has 0 saturated carbocycles. The Bertz CT molecular complexity index is 1190. The molecule has 0 spiro atoms. The van der Waals surface area contributed by atoms with E-state index >= 15 is 0 Å². The number of anilines is 1. The number of aryl methyl sites for hydroxylation is 1. The summed E-state index contributed by atoms with van der Waals surface area (Å²) >= 11 is 0. The van der Waals surface area contributed by atoms with Gasteiger partial charge in [-0.2, -0.15) is 0 Å². The van der Waals surface area contributed by atoms with Crippen LogP contribution in [0.2, 0.25) is 0 Å². The van der Waals surface area contributed by atoms with Crippen LogP contribution in [0, 0.1) is 6.92 Å². The number of carbonyl (C=O) groups excluding carboxylic acids is 1. The summed E-state index contributed by atoms with van der Waals surface area (Å²) in [6.07, 6.45) is 1.44. The fourth-order valence-electron chi connectivity index (χ4n) is 3.61. The van der Waals surface area contributed by atoms with Gasteiger partial charge in [-0.15, -0.1) is 0 Å². The molecule has 158 valence electrons.